The van der Waals surface area contributed by atoms with Crippen LogP contribution in [0.2, 0.25) is 0 Å². The zero-order valence-electron chi connectivity index (χ0n) is 27.1. The van der Waals surface area contributed by atoms with Gasteiger partial charge in [-0.15, -0.1) is 0 Å². The topological polar surface area (TPSA) is 88.1 Å². The third-order valence-corrected chi connectivity index (χ3v) is 6.38. The van der Waals surface area contributed by atoms with Gasteiger partial charge in [0.05, 0.1) is 24.5 Å². The summed E-state index contributed by atoms with van der Waals surface area (Å²) in [6.45, 7) is 17.4. The van der Waals surface area contributed by atoms with Crippen LogP contribution in [0.3, 0.4) is 0 Å². The fraction of sp³-hybridized carbons (Fsp3) is 0.514. The molecule has 0 amide bonds. The highest BCUT2D eigenvalue weighted by Crippen LogP contribution is 2.40. The molecule has 0 atom stereocenters. The number of esters is 2. The molecule has 0 heterocycles. The second-order valence-corrected chi connectivity index (χ2v) is 12.5. The SMILES string of the molecule is CCCOc1c(C=C(OC)C(=O)c2ccc(OC(=O)C(C)(C)C)cc2)cc(CCC)c(OC(=O)C(C)(C)C)c1CCC. The van der Waals surface area contributed by atoms with E-state index in [0.29, 0.717) is 47.8 Å². The van der Waals surface area contributed by atoms with Gasteiger partial charge < -0.3 is 18.9 Å². The first-order valence-corrected chi connectivity index (χ1v) is 14.8. The van der Waals surface area contributed by atoms with Crippen molar-refractivity contribution >= 4 is 23.8 Å². The summed E-state index contributed by atoms with van der Waals surface area (Å²) in [6, 6.07) is 8.33. The van der Waals surface area contributed by atoms with Crippen molar-refractivity contribution in [3.05, 3.63) is 58.3 Å². The van der Waals surface area contributed by atoms with Gasteiger partial charge in [-0.3, -0.25) is 14.4 Å². The number of ketones is 1. The summed E-state index contributed by atoms with van der Waals surface area (Å²) in [5, 5.41) is 0. The molecule has 0 N–H and O–H groups in total. The lowest BCUT2D eigenvalue weighted by Gasteiger charge is -2.24. The van der Waals surface area contributed by atoms with Crippen LogP contribution in [0, 0.1) is 10.8 Å². The van der Waals surface area contributed by atoms with Crippen LogP contribution in [0.15, 0.2) is 36.1 Å². The van der Waals surface area contributed by atoms with Gasteiger partial charge in [-0.2, -0.15) is 0 Å². The Morgan fingerprint density at radius 2 is 1.33 bits per heavy atom. The highest BCUT2D eigenvalue weighted by Gasteiger charge is 2.28. The Labute approximate surface area is 251 Å². The lowest BCUT2D eigenvalue weighted by Crippen LogP contribution is -2.26. The van der Waals surface area contributed by atoms with E-state index in [1.807, 2.05) is 33.8 Å². The molecular formula is C35H48O7. The average molecular weight is 581 g/mol. The van der Waals surface area contributed by atoms with E-state index in [1.54, 1.807) is 51.1 Å². The first-order valence-electron chi connectivity index (χ1n) is 14.8. The Bertz CT molecular complexity index is 1270. The maximum Gasteiger partial charge on any atom is 0.316 e. The molecule has 2 aromatic rings. The quantitative estimate of drug-likeness (QED) is 0.0776. The maximum atomic E-state index is 13.5. The minimum absolute atomic E-state index is 0.125. The molecule has 7 nitrogen and oxygen atoms in total. The van der Waals surface area contributed by atoms with Crippen molar-refractivity contribution < 1.29 is 33.3 Å². The monoisotopic (exact) mass is 580 g/mol. The van der Waals surface area contributed by atoms with Gasteiger partial charge in [-0.1, -0.05) is 33.6 Å². The molecule has 0 unspecified atom stereocenters. The normalized spacial score (nSPS) is 12.1. The molecule has 0 aliphatic rings. The number of carbonyl (C=O) groups is 3. The Hall–Kier alpha value is -3.61. The fourth-order valence-electron chi connectivity index (χ4n) is 4.01. The summed E-state index contributed by atoms with van der Waals surface area (Å²) >= 11 is 0. The van der Waals surface area contributed by atoms with E-state index < -0.39 is 10.8 Å². The molecule has 0 aromatic heterocycles. The van der Waals surface area contributed by atoms with E-state index in [0.717, 1.165) is 30.4 Å². The molecule has 0 bridgehead atoms. The number of hydrogen-bond acceptors (Lipinski definition) is 7. The standard InChI is InChI=1S/C35H48O7/c1-11-14-24-21-25(30(40-20-13-3)27(15-12-2)31(24)42-33(38)35(7,8)9)22-28(39-10)29(36)23-16-18-26(19-17-23)41-32(37)34(4,5)6/h16-19,21-22H,11-15,20H2,1-10H3. The second kappa shape index (κ2) is 15.0. The van der Waals surface area contributed by atoms with E-state index in [1.165, 1.54) is 7.11 Å². The average Bonchev–Trinajstić information content (AvgIpc) is 2.92. The largest absolute Gasteiger partial charge is 0.493 e. The molecule has 42 heavy (non-hydrogen) atoms. The number of ether oxygens (including phenoxy) is 4. The fourth-order valence-corrected chi connectivity index (χ4v) is 4.01. The van der Waals surface area contributed by atoms with Crippen LogP contribution in [0.4, 0.5) is 0 Å². The Morgan fingerprint density at radius 1 is 0.762 bits per heavy atom. The minimum Gasteiger partial charge on any atom is -0.493 e. The number of benzene rings is 2. The van der Waals surface area contributed by atoms with Crippen molar-refractivity contribution in [2.24, 2.45) is 10.8 Å². The van der Waals surface area contributed by atoms with Gasteiger partial charge in [-0.05, 0) is 103 Å². The van der Waals surface area contributed by atoms with E-state index in [2.05, 4.69) is 13.8 Å². The number of hydrogen-bond donors (Lipinski definition) is 0. The molecular weight excluding hydrogens is 532 g/mol. The summed E-state index contributed by atoms with van der Waals surface area (Å²) in [4.78, 5) is 38.8. The maximum absolute atomic E-state index is 13.5. The zero-order valence-corrected chi connectivity index (χ0v) is 27.1. The predicted octanol–water partition coefficient (Wildman–Crippen LogP) is 8.15. The Morgan fingerprint density at radius 3 is 1.83 bits per heavy atom. The highest BCUT2D eigenvalue weighted by molar-refractivity contribution is 6.10. The van der Waals surface area contributed by atoms with Crippen LogP contribution in [0.25, 0.3) is 6.08 Å². The summed E-state index contributed by atoms with van der Waals surface area (Å²) in [7, 11) is 1.45. The van der Waals surface area contributed by atoms with Crippen molar-refractivity contribution in [1.82, 2.24) is 0 Å². The van der Waals surface area contributed by atoms with E-state index in [9.17, 15) is 14.4 Å². The van der Waals surface area contributed by atoms with Gasteiger partial charge >= 0.3 is 11.9 Å². The molecule has 7 heteroatoms. The first kappa shape index (κ1) is 34.6. The van der Waals surface area contributed by atoms with Crippen LogP contribution in [0.5, 0.6) is 17.2 Å². The summed E-state index contributed by atoms with van der Waals surface area (Å²) in [5.74, 6) is 0.616. The summed E-state index contributed by atoms with van der Waals surface area (Å²) in [5.41, 5.74) is 1.44. The molecule has 0 fully saturated rings. The third-order valence-electron chi connectivity index (χ3n) is 6.38. The van der Waals surface area contributed by atoms with Crippen molar-refractivity contribution in [3.8, 4) is 17.2 Å². The molecule has 230 valence electrons. The third kappa shape index (κ3) is 9.20. The zero-order chi connectivity index (χ0) is 31.7. The van der Waals surface area contributed by atoms with Crippen LogP contribution >= 0.6 is 0 Å². The number of allylic oxidation sites excluding steroid dienone is 1. The molecule has 2 rings (SSSR count). The minimum atomic E-state index is -0.674. The van der Waals surface area contributed by atoms with Crippen molar-refractivity contribution in [2.75, 3.05) is 13.7 Å². The molecule has 0 saturated heterocycles. The van der Waals surface area contributed by atoms with Gasteiger partial charge in [0.15, 0.2) is 5.76 Å². The number of carbonyl (C=O) groups excluding carboxylic acids is 3. The lowest BCUT2D eigenvalue weighted by molar-refractivity contribution is -0.143. The molecule has 0 saturated carbocycles. The number of methoxy groups -OCH3 is 1. The number of aryl methyl sites for hydroxylation is 1. The van der Waals surface area contributed by atoms with Gasteiger partial charge in [0, 0.05) is 16.7 Å². The van der Waals surface area contributed by atoms with E-state index in [4.69, 9.17) is 18.9 Å². The van der Waals surface area contributed by atoms with Crippen molar-refractivity contribution in [1.29, 1.82) is 0 Å². The van der Waals surface area contributed by atoms with Crippen LogP contribution in [-0.2, 0) is 27.2 Å². The van der Waals surface area contributed by atoms with E-state index in [-0.39, 0.29) is 23.5 Å². The number of rotatable bonds is 13. The van der Waals surface area contributed by atoms with Gasteiger partial charge in [0.2, 0.25) is 5.78 Å². The Balaban J connectivity index is 2.64. The van der Waals surface area contributed by atoms with Gasteiger partial charge in [0.25, 0.3) is 0 Å². The van der Waals surface area contributed by atoms with Crippen LogP contribution < -0.4 is 14.2 Å². The molecule has 0 aliphatic heterocycles. The first-order chi connectivity index (χ1) is 19.7. The lowest BCUT2D eigenvalue weighted by atomic mass is 9.94. The number of Topliss-reactive ketones (excluding diaryl/α,β-unsaturated/α-hetero) is 1. The summed E-state index contributed by atoms with van der Waals surface area (Å²) < 4.78 is 23.4. The van der Waals surface area contributed by atoms with E-state index >= 15 is 0 Å². The second-order valence-electron chi connectivity index (χ2n) is 12.5. The van der Waals surface area contributed by atoms with Crippen molar-refractivity contribution in [2.45, 2.75) is 94.4 Å². The van der Waals surface area contributed by atoms with Gasteiger partial charge in [-0.25, -0.2) is 0 Å². The molecule has 2 aromatic carbocycles. The molecule has 0 radical (unpaired) electrons. The van der Waals surface area contributed by atoms with Crippen LogP contribution in [0.1, 0.15) is 109 Å². The van der Waals surface area contributed by atoms with Crippen molar-refractivity contribution in [3.63, 3.8) is 0 Å². The Kier molecular flexibility index (Phi) is 12.4. The highest BCUT2D eigenvalue weighted by atomic mass is 16.5. The molecule has 0 aliphatic carbocycles. The molecule has 0 spiro atoms. The van der Waals surface area contributed by atoms with Crippen LogP contribution in [-0.4, -0.2) is 31.4 Å². The predicted molar refractivity (Wildman–Crippen MR) is 166 cm³/mol. The summed E-state index contributed by atoms with van der Waals surface area (Å²) in [6.07, 6.45) is 5.44. The smallest absolute Gasteiger partial charge is 0.316 e. The van der Waals surface area contributed by atoms with Gasteiger partial charge in [0.1, 0.15) is 17.2 Å².